The van der Waals surface area contributed by atoms with E-state index in [-0.39, 0.29) is 16.9 Å². The molecule has 7 heteroatoms. The molecule has 34 heavy (non-hydrogen) atoms. The van der Waals surface area contributed by atoms with Gasteiger partial charge in [-0.05, 0) is 35.9 Å². The van der Waals surface area contributed by atoms with Gasteiger partial charge in [-0.25, -0.2) is 4.79 Å². The molecule has 0 radical (unpaired) electrons. The van der Waals surface area contributed by atoms with Crippen LogP contribution in [0.4, 0.5) is 5.69 Å². The number of carbonyl (C=O) groups is 3. The Hall–Kier alpha value is -4.65. The minimum Gasteiger partial charge on any atom is -0.503 e. The number of nitrogens with zero attached hydrogens (tertiary/aromatic N) is 1. The van der Waals surface area contributed by atoms with Crippen molar-refractivity contribution in [2.45, 2.75) is 6.04 Å². The number of para-hydroxylation sites is 1. The van der Waals surface area contributed by atoms with Crippen LogP contribution >= 0.6 is 0 Å². The standard InChI is InChI=1S/C27H19NO6/c1-33-27(32)18-11-7-12-19(14-18)28-23(16-8-3-2-4-9-16)22(25(30)26(28)31)24(29)21-15-17-10-5-6-13-20(17)34-21/h2-15,23,30H,1H3. The van der Waals surface area contributed by atoms with Crippen LogP contribution in [-0.4, -0.2) is 29.9 Å². The number of carbonyl (C=O) groups excluding carboxylic acids is 3. The van der Waals surface area contributed by atoms with Crippen molar-refractivity contribution in [1.29, 1.82) is 0 Å². The lowest BCUT2D eigenvalue weighted by molar-refractivity contribution is -0.117. The number of furan rings is 1. The first kappa shape index (κ1) is 21.2. The molecule has 1 aliphatic heterocycles. The van der Waals surface area contributed by atoms with Gasteiger partial charge in [0.15, 0.2) is 11.5 Å². The summed E-state index contributed by atoms with van der Waals surface area (Å²) in [6, 6.07) is 23.0. The molecule has 7 nitrogen and oxygen atoms in total. The summed E-state index contributed by atoms with van der Waals surface area (Å²) in [5.41, 5.74) is 1.60. The maximum Gasteiger partial charge on any atom is 0.337 e. The van der Waals surface area contributed by atoms with Gasteiger partial charge in [0.2, 0.25) is 5.78 Å². The van der Waals surface area contributed by atoms with E-state index in [0.717, 1.165) is 5.39 Å². The molecule has 1 N–H and O–H groups in total. The fourth-order valence-corrected chi connectivity index (χ4v) is 4.18. The van der Waals surface area contributed by atoms with Gasteiger partial charge < -0.3 is 14.3 Å². The van der Waals surface area contributed by atoms with E-state index >= 15 is 0 Å². The Balaban J connectivity index is 1.65. The van der Waals surface area contributed by atoms with Gasteiger partial charge in [0.05, 0.1) is 24.3 Å². The van der Waals surface area contributed by atoms with Gasteiger partial charge >= 0.3 is 5.97 Å². The Kier molecular flexibility index (Phi) is 5.22. The highest BCUT2D eigenvalue weighted by molar-refractivity contribution is 6.20. The van der Waals surface area contributed by atoms with Crippen LogP contribution in [0.15, 0.2) is 101 Å². The lowest BCUT2D eigenvalue weighted by Gasteiger charge is -2.27. The topological polar surface area (TPSA) is 97.0 Å². The maximum atomic E-state index is 13.6. The number of fused-ring (bicyclic) bond motifs is 1. The van der Waals surface area contributed by atoms with Crippen LogP contribution in [-0.2, 0) is 9.53 Å². The Morgan fingerprint density at radius 2 is 1.68 bits per heavy atom. The van der Waals surface area contributed by atoms with Crippen molar-refractivity contribution in [3.63, 3.8) is 0 Å². The van der Waals surface area contributed by atoms with E-state index in [0.29, 0.717) is 16.8 Å². The van der Waals surface area contributed by atoms with Crippen LogP contribution in [0.1, 0.15) is 32.5 Å². The van der Waals surface area contributed by atoms with E-state index in [2.05, 4.69) is 0 Å². The molecule has 1 aliphatic rings. The van der Waals surface area contributed by atoms with Gasteiger partial charge in [0, 0.05) is 11.1 Å². The fraction of sp³-hybridized carbons (Fsp3) is 0.0741. The van der Waals surface area contributed by atoms with Gasteiger partial charge in [-0.15, -0.1) is 0 Å². The van der Waals surface area contributed by atoms with E-state index in [9.17, 15) is 19.5 Å². The molecule has 168 valence electrons. The monoisotopic (exact) mass is 453 g/mol. The molecule has 1 unspecified atom stereocenters. The van der Waals surface area contributed by atoms with E-state index in [4.69, 9.17) is 9.15 Å². The molecule has 0 spiro atoms. The Morgan fingerprint density at radius 1 is 0.941 bits per heavy atom. The lowest BCUT2D eigenvalue weighted by Crippen LogP contribution is -2.31. The molecule has 1 atom stereocenters. The number of hydrogen-bond donors (Lipinski definition) is 1. The highest BCUT2D eigenvalue weighted by Gasteiger charge is 2.45. The maximum absolute atomic E-state index is 13.6. The minimum atomic E-state index is -0.928. The molecular formula is C27H19NO6. The number of rotatable bonds is 5. The number of ketones is 1. The molecule has 0 saturated carbocycles. The molecule has 0 fully saturated rings. The minimum absolute atomic E-state index is 0.0154. The molecule has 0 saturated heterocycles. The molecule has 4 aromatic rings. The second-order valence-corrected chi connectivity index (χ2v) is 7.77. The summed E-state index contributed by atoms with van der Waals surface area (Å²) in [5, 5.41) is 11.6. The first-order valence-electron chi connectivity index (χ1n) is 10.5. The zero-order valence-corrected chi connectivity index (χ0v) is 18.1. The van der Waals surface area contributed by atoms with Crippen molar-refractivity contribution in [3.8, 4) is 0 Å². The fourth-order valence-electron chi connectivity index (χ4n) is 4.18. The van der Waals surface area contributed by atoms with Crippen LogP contribution in [0.5, 0.6) is 0 Å². The van der Waals surface area contributed by atoms with Crippen LogP contribution in [0.25, 0.3) is 11.0 Å². The van der Waals surface area contributed by atoms with Gasteiger partial charge in [-0.1, -0.05) is 54.6 Å². The average molecular weight is 453 g/mol. The van der Waals surface area contributed by atoms with Crippen molar-refractivity contribution >= 4 is 34.3 Å². The summed E-state index contributed by atoms with van der Waals surface area (Å²) < 4.78 is 10.5. The predicted octanol–water partition coefficient (Wildman–Crippen LogP) is 5.00. The summed E-state index contributed by atoms with van der Waals surface area (Å²) >= 11 is 0. The number of anilines is 1. The SMILES string of the molecule is COC(=O)c1cccc(N2C(=O)C(O)=C(C(=O)c3cc4ccccc4o3)C2c2ccccc2)c1. The number of aliphatic hydroxyl groups is 1. The number of hydrogen-bond acceptors (Lipinski definition) is 6. The van der Waals surface area contributed by atoms with Crippen molar-refractivity contribution in [3.05, 3.63) is 113 Å². The number of methoxy groups -OCH3 is 1. The Bertz CT molecular complexity index is 1430. The molecule has 1 aromatic heterocycles. The molecule has 3 aromatic carbocycles. The molecule has 5 rings (SSSR count). The van der Waals surface area contributed by atoms with E-state index in [1.54, 1.807) is 60.7 Å². The van der Waals surface area contributed by atoms with Crippen LogP contribution in [0.3, 0.4) is 0 Å². The smallest absolute Gasteiger partial charge is 0.337 e. The zero-order chi connectivity index (χ0) is 23.8. The number of amides is 1. The summed E-state index contributed by atoms with van der Waals surface area (Å²) in [6.45, 7) is 0. The Morgan fingerprint density at radius 3 is 2.41 bits per heavy atom. The summed E-state index contributed by atoms with van der Waals surface area (Å²) in [4.78, 5) is 40.2. The van der Waals surface area contributed by atoms with Gasteiger partial charge in [0.25, 0.3) is 5.91 Å². The first-order valence-corrected chi connectivity index (χ1v) is 10.5. The highest BCUT2D eigenvalue weighted by atomic mass is 16.5. The largest absolute Gasteiger partial charge is 0.503 e. The third kappa shape index (κ3) is 3.44. The zero-order valence-electron chi connectivity index (χ0n) is 18.1. The molecule has 2 heterocycles. The second kappa shape index (κ2) is 8.37. The third-order valence-electron chi connectivity index (χ3n) is 5.76. The van der Waals surface area contributed by atoms with Crippen LogP contribution in [0.2, 0.25) is 0 Å². The van der Waals surface area contributed by atoms with E-state index in [1.807, 2.05) is 18.2 Å². The van der Waals surface area contributed by atoms with Gasteiger partial charge in [-0.3, -0.25) is 14.5 Å². The number of ether oxygens (including phenoxy) is 1. The first-order chi connectivity index (χ1) is 16.5. The lowest BCUT2D eigenvalue weighted by atomic mass is 9.94. The Labute approximate surface area is 194 Å². The molecule has 0 bridgehead atoms. The number of aliphatic hydroxyl groups excluding tert-OH is 1. The van der Waals surface area contributed by atoms with Crippen LogP contribution in [0, 0.1) is 0 Å². The van der Waals surface area contributed by atoms with E-state index < -0.39 is 29.5 Å². The molecular weight excluding hydrogens is 434 g/mol. The predicted molar refractivity (Wildman–Crippen MR) is 125 cm³/mol. The van der Waals surface area contributed by atoms with Crippen molar-refractivity contribution < 1.29 is 28.6 Å². The number of benzene rings is 3. The third-order valence-corrected chi connectivity index (χ3v) is 5.76. The van der Waals surface area contributed by atoms with Crippen molar-refractivity contribution in [2.75, 3.05) is 12.0 Å². The summed E-state index contributed by atoms with van der Waals surface area (Å²) in [6.07, 6.45) is 0. The summed E-state index contributed by atoms with van der Waals surface area (Å²) in [7, 11) is 1.26. The molecule has 1 amide bonds. The normalized spacial score (nSPS) is 15.7. The van der Waals surface area contributed by atoms with E-state index in [1.165, 1.54) is 18.1 Å². The molecule has 0 aliphatic carbocycles. The quantitative estimate of drug-likeness (QED) is 0.337. The average Bonchev–Trinajstić information content (AvgIpc) is 3.43. The van der Waals surface area contributed by atoms with Crippen molar-refractivity contribution in [2.24, 2.45) is 0 Å². The number of esters is 1. The van der Waals surface area contributed by atoms with Gasteiger partial charge in [0.1, 0.15) is 5.58 Å². The van der Waals surface area contributed by atoms with Crippen molar-refractivity contribution in [1.82, 2.24) is 0 Å². The van der Waals surface area contributed by atoms with Crippen LogP contribution < -0.4 is 4.90 Å². The number of Topliss-reactive ketones (excluding diaryl/α,β-unsaturated/α-hetero) is 1. The summed E-state index contributed by atoms with van der Waals surface area (Å²) in [5.74, 6) is -2.57. The van der Waals surface area contributed by atoms with Gasteiger partial charge in [-0.2, -0.15) is 0 Å². The second-order valence-electron chi connectivity index (χ2n) is 7.77. The highest BCUT2D eigenvalue weighted by Crippen LogP contribution is 2.42.